The summed E-state index contributed by atoms with van der Waals surface area (Å²) in [6, 6.07) is 6.50. The number of carbonyl (C=O) groups is 5. The second-order valence-corrected chi connectivity index (χ2v) is 13.0. The highest BCUT2D eigenvalue weighted by Gasteiger charge is 2.67. The Kier molecular flexibility index (Phi) is 6.02. The Morgan fingerprint density at radius 1 is 1.09 bits per heavy atom. The quantitative estimate of drug-likeness (QED) is 0.390. The number of aromatic nitrogens is 2. The molecule has 3 aliphatic heterocycles. The van der Waals surface area contributed by atoms with E-state index in [4.69, 9.17) is 0 Å². The number of piperidine rings is 1. The first kappa shape index (κ1) is 27.8. The van der Waals surface area contributed by atoms with Crippen LogP contribution in [0.3, 0.4) is 0 Å². The predicted molar refractivity (Wildman–Crippen MR) is 155 cm³/mol. The summed E-state index contributed by atoms with van der Waals surface area (Å²) in [5.41, 5.74) is 0.198. The molecule has 2 aliphatic carbocycles. The van der Waals surface area contributed by atoms with Gasteiger partial charge in [0.15, 0.2) is 0 Å². The van der Waals surface area contributed by atoms with Gasteiger partial charge in [-0.25, -0.2) is 0 Å². The lowest BCUT2D eigenvalue weighted by molar-refractivity contribution is -0.144. The van der Waals surface area contributed by atoms with E-state index >= 15 is 0 Å². The highest BCUT2D eigenvalue weighted by molar-refractivity contribution is 6.23. The lowest BCUT2D eigenvalue weighted by atomic mass is 9.43. The SMILES string of the molecule is CC(C)(C(=O)NC12CCC1(C#N)CC2)n1cc(C#CC2CN(c3ccc4c(c3)C(=O)N(C3CCC(=O)NC3=O)C4=O)C2)cn1. The first-order valence-electron chi connectivity index (χ1n) is 14.9. The molecule has 4 heterocycles. The van der Waals surface area contributed by atoms with E-state index in [1.54, 1.807) is 49.1 Å². The largest absolute Gasteiger partial charge is 0.369 e. The van der Waals surface area contributed by atoms with Crippen molar-refractivity contribution in [1.29, 1.82) is 5.26 Å². The van der Waals surface area contributed by atoms with Crippen LogP contribution >= 0.6 is 0 Å². The molecule has 12 nitrogen and oxygen atoms in total. The average molecular weight is 594 g/mol. The van der Waals surface area contributed by atoms with Crippen LogP contribution in [0.5, 0.6) is 0 Å². The van der Waals surface area contributed by atoms with E-state index in [1.807, 2.05) is 0 Å². The molecule has 0 bridgehead atoms. The van der Waals surface area contributed by atoms with Gasteiger partial charge in [0.05, 0.1) is 45.8 Å². The number of amides is 5. The first-order valence-corrected chi connectivity index (χ1v) is 14.9. The van der Waals surface area contributed by atoms with E-state index in [1.165, 1.54) is 0 Å². The molecule has 0 radical (unpaired) electrons. The van der Waals surface area contributed by atoms with Gasteiger partial charge in [0.25, 0.3) is 11.8 Å². The molecule has 1 aromatic carbocycles. The van der Waals surface area contributed by atoms with Crippen molar-refractivity contribution >= 4 is 35.2 Å². The molecule has 2 N–H and O–H groups in total. The highest BCUT2D eigenvalue weighted by Crippen LogP contribution is 2.63. The molecular weight excluding hydrogens is 562 g/mol. The van der Waals surface area contributed by atoms with E-state index in [-0.39, 0.29) is 35.8 Å². The second kappa shape index (κ2) is 9.52. The van der Waals surface area contributed by atoms with Crippen LogP contribution in [0.4, 0.5) is 5.69 Å². The maximum absolute atomic E-state index is 13.3. The molecule has 5 aliphatic rings. The Morgan fingerprint density at radius 3 is 2.48 bits per heavy atom. The summed E-state index contributed by atoms with van der Waals surface area (Å²) in [4.78, 5) is 66.2. The average Bonchev–Trinajstić information content (AvgIpc) is 3.55. The van der Waals surface area contributed by atoms with Gasteiger partial charge in [-0.1, -0.05) is 11.8 Å². The minimum Gasteiger partial charge on any atom is -0.369 e. The summed E-state index contributed by atoms with van der Waals surface area (Å²) in [5, 5.41) is 19.4. The van der Waals surface area contributed by atoms with E-state index in [0.29, 0.717) is 18.7 Å². The number of carbonyl (C=O) groups excluding carboxylic acids is 5. The van der Waals surface area contributed by atoms with Gasteiger partial charge in [-0.2, -0.15) is 10.4 Å². The van der Waals surface area contributed by atoms with Gasteiger partial charge in [0, 0.05) is 31.4 Å². The van der Waals surface area contributed by atoms with Gasteiger partial charge in [-0.05, 0) is 64.2 Å². The molecule has 7 rings (SSSR count). The zero-order valence-electron chi connectivity index (χ0n) is 24.5. The van der Waals surface area contributed by atoms with Crippen molar-refractivity contribution in [2.24, 2.45) is 11.3 Å². The van der Waals surface area contributed by atoms with E-state index < -0.39 is 46.2 Å². The summed E-state index contributed by atoms with van der Waals surface area (Å²) in [7, 11) is 0. The van der Waals surface area contributed by atoms with Gasteiger partial charge < -0.3 is 10.2 Å². The van der Waals surface area contributed by atoms with Crippen LogP contribution < -0.4 is 15.5 Å². The van der Waals surface area contributed by atoms with E-state index in [0.717, 1.165) is 36.3 Å². The number of hydrogen-bond donors (Lipinski definition) is 2. The third-order valence-corrected chi connectivity index (χ3v) is 10.2. The van der Waals surface area contributed by atoms with Crippen LogP contribution in [-0.2, 0) is 19.9 Å². The van der Waals surface area contributed by atoms with Gasteiger partial charge >= 0.3 is 0 Å². The van der Waals surface area contributed by atoms with Crippen LogP contribution in [-0.4, -0.2) is 68.9 Å². The zero-order valence-corrected chi connectivity index (χ0v) is 24.5. The molecule has 1 atom stereocenters. The lowest BCUT2D eigenvalue weighted by Crippen LogP contribution is -2.74. The number of nitrogens with one attached hydrogen (secondary N) is 2. The maximum Gasteiger partial charge on any atom is 0.262 e. The smallest absolute Gasteiger partial charge is 0.262 e. The van der Waals surface area contributed by atoms with E-state index in [2.05, 4.69) is 38.5 Å². The molecule has 44 heavy (non-hydrogen) atoms. The molecule has 2 aromatic rings. The monoisotopic (exact) mass is 593 g/mol. The number of nitriles is 1. The Balaban J connectivity index is 0.972. The summed E-state index contributed by atoms with van der Waals surface area (Å²) < 4.78 is 1.61. The molecule has 12 heteroatoms. The van der Waals surface area contributed by atoms with Crippen LogP contribution in [0, 0.1) is 34.5 Å². The Morgan fingerprint density at radius 2 is 1.82 bits per heavy atom. The number of nitrogens with zero attached hydrogens (tertiary/aromatic N) is 5. The topological polar surface area (TPSA) is 158 Å². The minimum absolute atomic E-state index is 0.0731. The number of fused-ring (bicyclic) bond motifs is 2. The number of anilines is 1. The number of benzene rings is 1. The molecule has 224 valence electrons. The van der Waals surface area contributed by atoms with Crippen molar-refractivity contribution in [2.75, 3.05) is 18.0 Å². The van der Waals surface area contributed by atoms with Gasteiger partial charge in [-0.15, -0.1) is 0 Å². The highest BCUT2D eigenvalue weighted by atomic mass is 16.2. The standard InChI is InChI=1S/C32H31N7O5/c1-30(2,29(44)36-32-11-9-31(32,18-33)10-12-32)38-17-19(14-34-38)3-4-20-15-37(16-20)21-5-6-22-23(13-21)28(43)39(27(22)42)24-7-8-25(40)35-26(24)41/h5-6,13-14,17,20,24H,7-12,15-16H2,1-2H3,(H,36,44)(H,35,40,41). The number of imide groups is 2. The minimum atomic E-state index is -0.996. The van der Waals surface area contributed by atoms with Crippen molar-refractivity contribution in [3.63, 3.8) is 0 Å². The van der Waals surface area contributed by atoms with Crippen molar-refractivity contribution in [3.05, 3.63) is 47.3 Å². The first-order chi connectivity index (χ1) is 21.0. The number of hydrogen-bond acceptors (Lipinski definition) is 8. The molecule has 1 unspecified atom stereocenters. The van der Waals surface area contributed by atoms with Crippen molar-refractivity contribution in [3.8, 4) is 17.9 Å². The molecule has 4 fully saturated rings. The van der Waals surface area contributed by atoms with Crippen molar-refractivity contribution < 1.29 is 24.0 Å². The second-order valence-electron chi connectivity index (χ2n) is 13.0. The van der Waals surface area contributed by atoms with Gasteiger partial charge in [-0.3, -0.25) is 38.9 Å². The lowest BCUT2D eigenvalue weighted by Gasteiger charge is -2.64. The molecule has 0 spiro atoms. The fourth-order valence-corrected chi connectivity index (χ4v) is 6.96. The molecular formula is C32H31N7O5. The van der Waals surface area contributed by atoms with Crippen molar-refractivity contribution in [1.82, 2.24) is 25.3 Å². The van der Waals surface area contributed by atoms with Gasteiger partial charge in [0.1, 0.15) is 11.6 Å². The summed E-state index contributed by atoms with van der Waals surface area (Å²) in [6.07, 6.45) is 6.91. The third-order valence-electron chi connectivity index (χ3n) is 10.2. The van der Waals surface area contributed by atoms with Crippen molar-refractivity contribution in [2.45, 2.75) is 69.5 Å². The molecule has 2 saturated heterocycles. The van der Waals surface area contributed by atoms with Gasteiger partial charge in [0.2, 0.25) is 17.7 Å². The fourth-order valence-electron chi connectivity index (χ4n) is 6.96. The Hall–Kier alpha value is -4.97. The van der Waals surface area contributed by atoms with Crippen LogP contribution in [0.2, 0.25) is 0 Å². The van der Waals surface area contributed by atoms with Crippen LogP contribution in [0.1, 0.15) is 78.7 Å². The molecule has 5 amide bonds. The van der Waals surface area contributed by atoms with E-state index in [9.17, 15) is 29.2 Å². The fraction of sp³-hybridized carbons (Fsp3) is 0.469. The van der Waals surface area contributed by atoms with Crippen LogP contribution in [0.15, 0.2) is 30.6 Å². The van der Waals surface area contributed by atoms with Crippen LogP contribution in [0.25, 0.3) is 0 Å². The third kappa shape index (κ3) is 3.97. The normalized spacial score (nSPS) is 27.5. The molecule has 1 aromatic heterocycles. The summed E-state index contributed by atoms with van der Waals surface area (Å²) in [6.45, 7) is 4.87. The predicted octanol–water partition coefficient (Wildman–Crippen LogP) is 1.46. The summed E-state index contributed by atoms with van der Waals surface area (Å²) >= 11 is 0. The number of rotatable bonds is 5. The summed E-state index contributed by atoms with van der Waals surface area (Å²) in [5.74, 6) is 4.23. The zero-order chi connectivity index (χ0) is 31.0. The molecule has 2 saturated carbocycles. The maximum atomic E-state index is 13.3. The Bertz CT molecular complexity index is 1760. The Labute approximate surface area is 253 Å².